The fourth-order valence-corrected chi connectivity index (χ4v) is 5.07. The molecular formula is C22H34N4OS. The first-order valence-electron chi connectivity index (χ1n) is 10.7. The Kier molecular flexibility index (Phi) is 7.68. The van der Waals surface area contributed by atoms with E-state index in [1.807, 2.05) is 24.6 Å². The van der Waals surface area contributed by atoms with E-state index >= 15 is 0 Å². The molecule has 5 nitrogen and oxygen atoms in total. The van der Waals surface area contributed by atoms with Gasteiger partial charge in [0.15, 0.2) is 0 Å². The van der Waals surface area contributed by atoms with Crippen molar-refractivity contribution in [3.8, 4) is 0 Å². The molecule has 28 heavy (non-hydrogen) atoms. The van der Waals surface area contributed by atoms with Gasteiger partial charge in [0.1, 0.15) is 6.04 Å². The van der Waals surface area contributed by atoms with Gasteiger partial charge in [-0.3, -0.25) is 14.4 Å². The average Bonchev–Trinajstić information content (AvgIpc) is 3.22. The molecule has 3 rings (SSSR count). The average molecular weight is 403 g/mol. The van der Waals surface area contributed by atoms with E-state index in [9.17, 15) is 4.79 Å². The molecular weight excluding hydrogens is 368 g/mol. The van der Waals surface area contributed by atoms with Crippen molar-refractivity contribution in [2.45, 2.75) is 71.4 Å². The topological polar surface area (TPSA) is 50.2 Å². The van der Waals surface area contributed by atoms with Gasteiger partial charge in [-0.25, -0.2) is 0 Å². The normalized spacial score (nSPS) is 17.8. The molecule has 2 aromatic heterocycles. The Hall–Kier alpha value is -1.66. The monoisotopic (exact) mass is 402 g/mol. The molecule has 6 heteroatoms. The Bertz CT molecular complexity index is 732. The number of nitrogens with one attached hydrogen (secondary N) is 1. The van der Waals surface area contributed by atoms with Gasteiger partial charge in [-0.2, -0.15) is 5.10 Å². The highest BCUT2D eigenvalue weighted by atomic mass is 32.1. The van der Waals surface area contributed by atoms with Crippen LogP contribution in [-0.2, 0) is 4.79 Å². The molecule has 0 spiro atoms. The summed E-state index contributed by atoms with van der Waals surface area (Å²) in [7, 11) is 0. The van der Waals surface area contributed by atoms with Gasteiger partial charge in [0.2, 0.25) is 5.91 Å². The van der Waals surface area contributed by atoms with Crippen LogP contribution in [0.25, 0.3) is 0 Å². The van der Waals surface area contributed by atoms with Gasteiger partial charge in [-0.05, 0) is 63.7 Å². The maximum Gasteiger partial charge on any atom is 0.244 e. The van der Waals surface area contributed by atoms with Gasteiger partial charge >= 0.3 is 0 Å². The first kappa shape index (κ1) is 21.1. The highest BCUT2D eigenvalue weighted by molar-refractivity contribution is 7.10. The van der Waals surface area contributed by atoms with Crippen molar-refractivity contribution in [3.05, 3.63) is 39.8 Å². The summed E-state index contributed by atoms with van der Waals surface area (Å²) in [6.07, 6.45) is 6.89. The molecule has 0 bridgehead atoms. The number of carbonyl (C=O) groups is 1. The van der Waals surface area contributed by atoms with E-state index in [0.29, 0.717) is 6.54 Å². The van der Waals surface area contributed by atoms with Gasteiger partial charge in [0.05, 0.1) is 11.7 Å². The van der Waals surface area contributed by atoms with E-state index < -0.39 is 0 Å². The SMILES string of the molecule is CCCC(C(=O)NCC(c1cccs1)N1CCCCCC1)n1nc(C)cc1C. The van der Waals surface area contributed by atoms with Gasteiger partial charge in [0, 0.05) is 17.1 Å². The lowest BCUT2D eigenvalue weighted by Gasteiger charge is -2.31. The predicted octanol–water partition coefficient (Wildman–Crippen LogP) is 4.64. The van der Waals surface area contributed by atoms with Crippen molar-refractivity contribution in [2.75, 3.05) is 19.6 Å². The molecule has 2 atom stereocenters. The first-order chi connectivity index (χ1) is 13.6. The second kappa shape index (κ2) is 10.2. The lowest BCUT2D eigenvalue weighted by atomic mass is 10.1. The summed E-state index contributed by atoms with van der Waals surface area (Å²) < 4.78 is 1.90. The molecule has 1 amide bonds. The number of hydrogen-bond acceptors (Lipinski definition) is 4. The van der Waals surface area contributed by atoms with Crippen LogP contribution < -0.4 is 5.32 Å². The number of aromatic nitrogens is 2. The Morgan fingerprint density at radius 1 is 1.25 bits per heavy atom. The molecule has 1 saturated heterocycles. The van der Waals surface area contributed by atoms with Crippen LogP contribution in [0, 0.1) is 13.8 Å². The second-order valence-corrected chi connectivity index (χ2v) is 8.88. The van der Waals surface area contributed by atoms with Gasteiger partial charge in [-0.15, -0.1) is 11.3 Å². The van der Waals surface area contributed by atoms with Gasteiger partial charge in [0.25, 0.3) is 0 Å². The third-order valence-electron chi connectivity index (χ3n) is 5.63. The Morgan fingerprint density at radius 3 is 2.57 bits per heavy atom. The largest absolute Gasteiger partial charge is 0.352 e. The van der Waals surface area contributed by atoms with Crippen molar-refractivity contribution in [1.82, 2.24) is 20.0 Å². The molecule has 1 aliphatic rings. The van der Waals surface area contributed by atoms with Crippen molar-refractivity contribution in [2.24, 2.45) is 0 Å². The lowest BCUT2D eigenvalue weighted by Crippen LogP contribution is -2.41. The van der Waals surface area contributed by atoms with Crippen molar-refractivity contribution in [3.63, 3.8) is 0 Å². The number of carbonyl (C=O) groups excluding carboxylic acids is 1. The molecule has 1 N–H and O–H groups in total. The Balaban J connectivity index is 1.71. The van der Waals surface area contributed by atoms with Crippen LogP contribution in [0.3, 0.4) is 0 Å². The van der Waals surface area contributed by atoms with E-state index in [1.165, 1.54) is 30.6 Å². The maximum absolute atomic E-state index is 13.1. The molecule has 0 aliphatic carbocycles. The highest BCUT2D eigenvalue weighted by Crippen LogP contribution is 2.27. The number of likely N-dealkylation sites (tertiary alicyclic amines) is 1. The molecule has 0 aromatic carbocycles. The quantitative estimate of drug-likeness (QED) is 0.700. The van der Waals surface area contributed by atoms with Gasteiger partial charge in [-0.1, -0.05) is 32.3 Å². The zero-order valence-electron chi connectivity index (χ0n) is 17.5. The highest BCUT2D eigenvalue weighted by Gasteiger charge is 2.26. The number of hydrogen-bond donors (Lipinski definition) is 1. The molecule has 154 valence electrons. The molecule has 2 unspecified atom stereocenters. The summed E-state index contributed by atoms with van der Waals surface area (Å²) in [6.45, 7) is 9.04. The maximum atomic E-state index is 13.1. The third-order valence-corrected chi connectivity index (χ3v) is 6.60. The molecule has 1 aliphatic heterocycles. The summed E-state index contributed by atoms with van der Waals surface area (Å²) in [4.78, 5) is 17.0. The van der Waals surface area contributed by atoms with Crippen molar-refractivity contribution >= 4 is 17.2 Å². The van der Waals surface area contributed by atoms with E-state index in [4.69, 9.17) is 0 Å². The van der Waals surface area contributed by atoms with Crippen LogP contribution in [-0.4, -0.2) is 40.2 Å². The van der Waals surface area contributed by atoms with Crippen LogP contribution in [0.1, 0.15) is 73.8 Å². The minimum atomic E-state index is -0.230. The molecule has 1 fully saturated rings. The fraction of sp³-hybridized carbons (Fsp3) is 0.636. The summed E-state index contributed by atoms with van der Waals surface area (Å²) in [6, 6.07) is 6.40. The molecule has 2 aromatic rings. The lowest BCUT2D eigenvalue weighted by molar-refractivity contribution is -0.125. The zero-order chi connectivity index (χ0) is 19.9. The van der Waals surface area contributed by atoms with E-state index in [2.05, 4.69) is 39.8 Å². The Morgan fingerprint density at radius 2 is 2.00 bits per heavy atom. The number of thiophene rings is 1. The summed E-state index contributed by atoms with van der Waals surface area (Å²) in [5, 5.41) is 9.99. The summed E-state index contributed by atoms with van der Waals surface area (Å²) in [5.41, 5.74) is 2.01. The van der Waals surface area contributed by atoms with E-state index in [0.717, 1.165) is 37.3 Å². The van der Waals surface area contributed by atoms with Gasteiger partial charge < -0.3 is 5.32 Å². The minimum absolute atomic E-state index is 0.0874. The fourth-order valence-electron chi connectivity index (χ4n) is 4.21. The van der Waals surface area contributed by atoms with Crippen LogP contribution in [0.15, 0.2) is 23.6 Å². The van der Waals surface area contributed by atoms with Crippen LogP contribution in [0.5, 0.6) is 0 Å². The predicted molar refractivity (Wildman–Crippen MR) is 116 cm³/mol. The number of aryl methyl sites for hydroxylation is 2. The number of nitrogens with zero attached hydrogens (tertiary/aromatic N) is 3. The molecule has 0 radical (unpaired) electrons. The first-order valence-corrected chi connectivity index (χ1v) is 11.6. The van der Waals surface area contributed by atoms with E-state index in [1.54, 1.807) is 11.3 Å². The minimum Gasteiger partial charge on any atom is -0.352 e. The summed E-state index contributed by atoms with van der Waals surface area (Å²) in [5.74, 6) is 0.0874. The Labute approximate surface area is 173 Å². The summed E-state index contributed by atoms with van der Waals surface area (Å²) >= 11 is 1.79. The number of amides is 1. The molecule has 3 heterocycles. The number of rotatable bonds is 8. The smallest absolute Gasteiger partial charge is 0.244 e. The zero-order valence-corrected chi connectivity index (χ0v) is 18.3. The van der Waals surface area contributed by atoms with E-state index in [-0.39, 0.29) is 18.0 Å². The van der Waals surface area contributed by atoms with Crippen molar-refractivity contribution in [1.29, 1.82) is 0 Å². The third kappa shape index (κ3) is 5.23. The standard InChI is InChI=1S/C22H34N4OS/c1-4-10-19(26-18(3)15-17(2)24-26)22(27)23-16-20(21-11-9-14-28-21)25-12-7-5-6-8-13-25/h9,11,14-15,19-20H,4-8,10,12-13,16H2,1-3H3,(H,23,27). The van der Waals surface area contributed by atoms with Crippen LogP contribution in [0.4, 0.5) is 0 Å². The van der Waals surface area contributed by atoms with Crippen LogP contribution in [0.2, 0.25) is 0 Å². The second-order valence-electron chi connectivity index (χ2n) is 7.90. The van der Waals surface area contributed by atoms with Crippen molar-refractivity contribution < 1.29 is 4.79 Å². The molecule has 0 saturated carbocycles. The van der Waals surface area contributed by atoms with Crippen LogP contribution >= 0.6 is 11.3 Å².